The van der Waals surface area contributed by atoms with E-state index in [1.54, 1.807) is 20.3 Å². The number of benzene rings is 3. The number of carbonyl (C=O) groups is 1. The van der Waals surface area contributed by atoms with Gasteiger partial charge < -0.3 is 19.5 Å². The smallest absolute Gasteiger partial charge is 0.264 e. The van der Waals surface area contributed by atoms with Gasteiger partial charge in [0.1, 0.15) is 12.4 Å². The molecule has 3 aromatic rings. The summed E-state index contributed by atoms with van der Waals surface area (Å²) in [7, 11) is 3.18. The lowest BCUT2D eigenvalue weighted by atomic mass is 10.2. The van der Waals surface area contributed by atoms with Crippen LogP contribution in [0.2, 0.25) is 5.02 Å². The maximum absolute atomic E-state index is 12.4. The van der Waals surface area contributed by atoms with Crippen molar-refractivity contribution in [3.05, 3.63) is 87.8 Å². The fraction of sp³-hybridized carbons (Fsp3) is 0.120. The molecule has 0 aromatic heterocycles. The second-order valence-corrected chi connectivity index (χ2v) is 8.41. The van der Waals surface area contributed by atoms with E-state index in [-0.39, 0.29) is 5.91 Å². The third-order valence-corrected chi connectivity index (χ3v) is 6.06. The van der Waals surface area contributed by atoms with Gasteiger partial charge in [0.05, 0.1) is 24.8 Å². The maximum Gasteiger partial charge on any atom is 0.264 e. The number of ether oxygens (including phenoxy) is 3. The van der Waals surface area contributed by atoms with E-state index in [4.69, 9.17) is 25.8 Å². The van der Waals surface area contributed by atoms with Crippen molar-refractivity contribution in [2.24, 2.45) is 4.99 Å². The highest BCUT2D eigenvalue weighted by atomic mass is 35.5. The molecule has 3 aromatic carbocycles. The quantitative estimate of drug-likeness (QED) is 0.431. The van der Waals surface area contributed by atoms with E-state index in [9.17, 15) is 4.79 Å². The SMILES string of the molecule is COc1ccc(N=C2NC(=O)C(=Cc3ccc(OCc4ccccc4Cl)c(OC)c3)S2)cc1. The van der Waals surface area contributed by atoms with Gasteiger partial charge in [-0.3, -0.25) is 4.79 Å². The van der Waals surface area contributed by atoms with Gasteiger partial charge in [0.25, 0.3) is 5.91 Å². The summed E-state index contributed by atoms with van der Waals surface area (Å²) in [6, 6.07) is 20.3. The number of thioether (sulfide) groups is 1. The highest BCUT2D eigenvalue weighted by Gasteiger charge is 2.24. The zero-order valence-corrected chi connectivity index (χ0v) is 19.6. The number of nitrogens with zero attached hydrogens (tertiary/aromatic N) is 1. The fourth-order valence-electron chi connectivity index (χ4n) is 3.07. The summed E-state index contributed by atoms with van der Waals surface area (Å²) in [5, 5.41) is 3.96. The molecule has 0 spiro atoms. The van der Waals surface area contributed by atoms with Gasteiger partial charge in [-0.25, -0.2) is 4.99 Å². The number of amidine groups is 1. The van der Waals surface area contributed by atoms with E-state index in [0.717, 1.165) is 22.6 Å². The first kappa shape index (κ1) is 22.8. The Hall–Kier alpha value is -3.42. The Balaban J connectivity index is 1.48. The van der Waals surface area contributed by atoms with Crippen molar-refractivity contribution in [3.8, 4) is 17.2 Å². The standard InChI is InChI=1S/C25H21ClN2O4S/c1-30-19-10-8-18(9-11-19)27-25-28-24(29)23(33-25)14-16-7-12-21(22(13-16)31-2)32-15-17-5-3-4-6-20(17)26/h3-14H,15H2,1-2H3,(H,27,28,29). The summed E-state index contributed by atoms with van der Waals surface area (Å²) in [5.74, 6) is 1.69. The van der Waals surface area contributed by atoms with Crippen LogP contribution in [0.1, 0.15) is 11.1 Å². The minimum atomic E-state index is -0.203. The van der Waals surface area contributed by atoms with Crippen molar-refractivity contribution in [1.82, 2.24) is 5.32 Å². The number of rotatable bonds is 7. The molecule has 0 saturated carbocycles. The van der Waals surface area contributed by atoms with Crippen LogP contribution in [0, 0.1) is 0 Å². The summed E-state index contributed by atoms with van der Waals surface area (Å²) in [5.41, 5.74) is 2.41. The Morgan fingerprint density at radius 2 is 1.79 bits per heavy atom. The van der Waals surface area contributed by atoms with Gasteiger partial charge in [-0.15, -0.1) is 0 Å². The molecule has 1 aliphatic rings. The van der Waals surface area contributed by atoms with Crippen LogP contribution < -0.4 is 19.5 Å². The molecule has 0 bridgehead atoms. The van der Waals surface area contributed by atoms with Gasteiger partial charge in [-0.2, -0.15) is 0 Å². The van der Waals surface area contributed by atoms with Crippen molar-refractivity contribution in [3.63, 3.8) is 0 Å². The molecular weight excluding hydrogens is 460 g/mol. The molecule has 0 atom stereocenters. The number of amides is 1. The Morgan fingerprint density at radius 3 is 2.52 bits per heavy atom. The van der Waals surface area contributed by atoms with E-state index >= 15 is 0 Å². The molecule has 1 N–H and O–H groups in total. The Kier molecular flexibility index (Phi) is 7.22. The minimum absolute atomic E-state index is 0.203. The Labute approximate surface area is 201 Å². The van der Waals surface area contributed by atoms with E-state index in [2.05, 4.69) is 10.3 Å². The molecule has 1 aliphatic heterocycles. The molecule has 0 radical (unpaired) electrons. The number of methoxy groups -OCH3 is 2. The van der Waals surface area contributed by atoms with Crippen molar-refractivity contribution >= 4 is 46.2 Å². The number of hydrogen-bond donors (Lipinski definition) is 1. The lowest BCUT2D eigenvalue weighted by Gasteiger charge is -2.12. The van der Waals surface area contributed by atoms with E-state index in [1.165, 1.54) is 11.8 Å². The number of carbonyl (C=O) groups excluding carboxylic acids is 1. The molecule has 1 fully saturated rings. The van der Waals surface area contributed by atoms with Crippen LogP contribution in [-0.2, 0) is 11.4 Å². The van der Waals surface area contributed by atoms with Gasteiger partial charge >= 0.3 is 0 Å². The molecule has 1 saturated heterocycles. The molecular formula is C25H21ClN2O4S. The lowest BCUT2D eigenvalue weighted by Crippen LogP contribution is -2.19. The maximum atomic E-state index is 12.4. The summed E-state index contributed by atoms with van der Waals surface area (Å²) in [6.07, 6.45) is 1.79. The molecule has 0 unspecified atom stereocenters. The second kappa shape index (κ2) is 10.5. The van der Waals surface area contributed by atoms with Gasteiger partial charge in [0.2, 0.25) is 0 Å². The summed E-state index contributed by atoms with van der Waals surface area (Å²) in [4.78, 5) is 17.4. The zero-order chi connectivity index (χ0) is 23.2. The molecule has 0 aliphatic carbocycles. The van der Waals surface area contributed by atoms with Crippen LogP contribution in [0.5, 0.6) is 17.2 Å². The van der Waals surface area contributed by atoms with Crippen molar-refractivity contribution in [1.29, 1.82) is 0 Å². The molecule has 1 amide bonds. The first-order chi connectivity index (χ1) is 16.1. The highest BCUT2D eigenvalue weighted by molar-refractivity contribution is 8.18. The van der Waals surface area contributed by atoms with Crippen LogP contribution >= 0.6 is 23.4 Å². The minimum Gasteiger partial charge on any atom is -0.497 e. The van der Waals surface area contributed by atoms with Crippen LogP contribution in [0.15, 0.2) is 76.6 Å². The van der Waals surface area contributed by atoms with Crippen molar-refractivity contribution in [2.75, 3.05) is 14.2 Å². The Bertz CT molecular complexity index is 1230. The van der Waals surface area contributed by atoms with Crippen LogP contribution in [0.25, 0.3) is 6.08 Å². The largest absolute Gasteiger partial charge is 0.497 e. The van der Waals surface area contributed by atoms with Crippen LogP contribution in [0.3, 0.4) is 0 Å². The Morgan fingerprint density at radius 1 is 1.00 bits per heavy atom. The molecule has 1 heterocycles. The van der Waals surface area contributed by atoms with Gasteiger partial charge in [-0.1, -0.05) is 35.9 Å². The third-order valence-electron chi connectivity index (χ3n) is 4.78. The number of halogens is 1. The predicted molar refractivity (Wildman–Crippen MR) is 133 cm³/mol. The molecule has 6 nitrogen and oxygen atoms in total. The highest BCUT2D eigenvalue weighted by Crippen LogP contribution is 2.33. The summed E-state index contributed by atoms with van der Waals surface area (Å²) >= 11 is 7.48. The van der Waals surface area contributed by atoms with E-state index < -0.39 is 0 Å². The molecule has 4 rings (SSSR count). The first-order valence-corrected chi connectivity index (χ1v) is 11.2. The lowest BCUT2D eigenvalue weighted by molar-refractivity contribution is -0.115. The first-order valence-electron chi connectivity index (χ1n) is 10.0. The van der Waals surface area contributed by atoms with Gasteiger partial charge in [0.15, 0.2) is 16.7 Å². The third kappa shape index (κ3) is 5.69. The topological polar surface area (TPSA) is 69.2 Å². The van der Waals surface area contributed by atoms with Gasteiger partial charge in [0, 0.05) is 10.6 Å². The zero-order valence-electron chi connectivity index (χ0n) is 18.0. The number of nitrogens with one attached hydrogen (secondary N) is 1. The molecule has 168 valence electrons. The number of hydrogen-bond acceptors (Lipinski definition) is 6. The second-order valence-electron chi connectivity index (χ2n) is 6.97. The van der Waals surface area contributed by atoms with Gasteiger partial charge in [-0.05, 0) is 65.9 Å². The normalized spacial score (nSPS) is 15.5. The monoisotopic (exact) mass is 480 g/mol. The molecule has 8 heteroatoms. The van der Waals surface area contributed by atoms with E-state index in [1.807, 2.05) is 66.7 Å². The summed E-state index contributed by atoms with van der Waals surface area (Å²) in [6.45, 7) is 0.319. The fourth-order valence-corrected chi connectivity index (χ4v) is 4.10. The van der Waals surface area contributed by atoms with Crippen molar-refractivity contribution < 1.29 is 19.0 Å². The average molecular weight is 481 g/mol. The predicted octanol–water partition coefficient (Wildman–Crippen LogP) is 5.83. The summed E-state index contributed by atoms with van der Waals surface area (Å²) < 4.78 is 16.5. The number of aliphatic imine (C=N–C) groups is 1. The van der Waals surface area contributed by atoms with Crippen molar-refractivity contribution in [2.45, 2.75) is 6.61 Å². The van der Waals surface area contributed by atoms with E-state index in [0.29, 0.717) is 33.2 Å². The molecule has 33 heavy (non-hydrogen) atoms. The van der Waals surface area contributed by atoms with Crippen LogP contribution in [-0.4, -0.2) is 25.3 Å². The van der Waals surface area contributed by atoms with Crippen LogP contribution in [0.4, 0.5) is 5.69 Å². The average Bonchev–Trinajstić information content (AvgIpc) is 3.17.